The number of carbonyl (C=O) groups excluding carboxylic acids is 1. The number of nitrogens with one attached hydrogen (secondary N) is 2. The third-order valence-corrected chi connectivity index (χ3v) is 4.88. The molecule has 0 aliphatic carbocycles. The molecule has 3 rings (SSSR count). The van der Waals surface area contributed by atoms with Crippen molar-refractivity contribution in [3.63, 3.8) is 0 Å². The topological polar surface area (TPSA) is 55.1 Å². The summed E-state index contributed by atoms with van der Waals surface area (Å²) in [6, 6.07) is 17.3. The summed E-state index contributed by atoms with van der Waals surface area (Å²) in [6.07, 6.45) is 0. The Morgan fingerprint density at radius 3 is 2.46 bits per heavy atom. The maximum Gasteiger partial charge on any atom is 0.272 e. The molecule has 2 aromatic carbocycles. The molecular formula is C20H23ClN3O2+. The van der Waals surface area contributed by atoms with E-state index in [0.717, 1.165) is 32.0 Å². The van der Waals surface area contributed by atoms with E-state index in [9.17, 15) is 4.79 Å². The highest BCUT2D eigenvalue weighted by atomic mass is 35.5. The number of nitrogens with zero attached hydrogens (tertiary/aromatic N) is 1. The van der Waals surface area contributed by atoms with Crippen molar-refractivity contribution in [2.24, 2.45) is 5.10 Å². The average Bonchev–Trinajstić information content (AvgIpc) is 2.68. The van der Waals surface area contributed by atoms with Crippen LogP contribution in [0.5, 0.6) is 0 Å². The minimum atomic E-state index is -0.307. The summed E-state index contributed by atoms with van der Waals surface area (Å²) in [5, 5.41) is 4.80. The Balaban J connectivity index is 1.80. The summed E-state index contributed by atoms with van der Waals surface area (Å²) in [5.41, 5.74) is 5.10. The van der Waals surface area contributed by atoms with Crippen LogP contribution in [0.2, 0.25) is 5.02 Å². The number of carbonyl (C=O) groups is 1. The minimum absolute atomic E-state index is 0.0756. The lowest BCUT2D eigenvalue weighted by Gasteiger charge is -2.31. The number of hydrogen-bond donors (Lipinski definition) is 2. The van der Waals surface area contributed by atoms with E-state index in [-0.39, 0.29) is 11.9 Å². The van der Waals surface area contributed by atoms with Gasteiger partial charge in [0.05, 0.1) is 29.5 Å². The molecule has 1 heterocycles. The van der Waals surface area contributed by atoms with E-state index in [1.807, 2.05) is 25.1 Å². The molecule has 0 aromatic heterocycles. The molecule has 26 heavy (non-hydrogen) atoms. The largest absolute Gasteiger partial charge is 0.370 e. The predicted octanol–water partition coefficient (Wildman–Crippen LogP) is 2.10. The van der Waals surface area contributed by atoms with E-state index in [1.54, 1.807) is 24.3 Å². The summed E-state index contributed by atoms with van der Waals surface area (Å²) in [4.78, 5) is 13.8. The fourth-order valence-electron chi connectivity index (χ4n) is 3.25. The SMILES string of the molecule is C/C(=N/NC(=O)c1ccccc1Cl)[C@H](c1ccccc1)[NH+]1CCOCC1. The Labute approximate surface area is 158 Å². The van der Waals surface area contributed by atoms with Gasteiger partial charge in [-0.05, 0) is 19.1 Å². The zero-order valence-electron chi connectivity index (χ0n) is 14.7. The van der Waals surface area contributed by atoms with Crippen molar-refractivity contribution < 1.29 is 14.4 Å². The number of halogens is 1. The standard InChI is InChI=1S/C20H22ClN3O2/c1-15(22-23-20(25)17-9-5-6-10-18(17)21)19(16-7-3-2-4-8-16)24-11-13-26-14-12-24/h2-10,19H,11-14H2,1H3,(H,23,25)/p+1/b22-15-/t19-/m1/s1. The number of quaternary nitrogens is 1. The van der Waals surface area contributed by atoms with E-state index in [0.29, 0.717) is 10.6 Å². The van der Waals surface area contributed by atoms with Crippen LogP contribution in [0.4, 0.5) is 0 Å². The lowest BCUT2D eigenvalue weighted by atomic mass is 10.0. The molecule has 136 valence electrons. The maximum atomic E-state index is 12.4. The number of amides is 1. The maximum absolute atomic E-state index is 12.4. The van der Waals surface area contributed by atoms with Crippen LogP contribution in [0.1, 0.15) is 28.9 Å². The number of rotatable bonds is 5. The van der Waals surface area contributed by atoms with Crippen molar-refractivity contribution in [2.45, 2.75) is 13.0 Å². The van der Waals surface area contributed by atoms with Crippen LogP contribution in [-0.2, 0) is 4.74 Å². The van der Waals surface area contributed by atoms with Crippen molar-refractivity contribution in [1.29, 1.82) is 0 Å². The average molecular weight is 373 g/mol. The summed E-state index contributed by atoms with van der Waals surface area (Å²) < 4.78 is 5.49. The summed E-state index contributed by atoms with van der Waals surface area (Å²) in [7, 11) is 0. The Kier molecular flexibility index (Phi) is 6.39. The Bertz CT molecular complexity index is 774. The number of hydrogen-bond acceptors (Lipinski definition) is 3. The van der Waals surface area contributed by atoms with Gasteiger partial charge in [0, 0.05) is 5.56 Å². The van der Waals surface area contributed by atoms with Crippen LogP contribution in [-0.4, -0.2) is 37.9 Å². The highest BCUT2D eigenvalue weighted by Gasteiger charge is 2.29. The molecule has 1 saturated heterocycles. The Morgan fingerprint density at radius 1 is 1.12 bits per heavy atom. The Morgan fingerprint density at radius 2 is 1.77 bits per heavy atom. The first-order valence-corrected chi connectivity index (χ1v) is 9.11. The monoisotopic (exact) mass is 372 g/mol. The first kappa shape index (κ1) is 18.6. The number of morpholine rings is 1. The quantitative estimate of drug-likeness (QED) is 0.624. The zero-order chi connectivity index (χ0) is 18.4. The number of ether oxygens (including phenoxy) is 1. The van der Waals surface area contributed by atoms with Gasteiger partial charge in [-0.25, -0.2) is 5.43 Å². The zero-order valence-corrected chi connectivity index (χ0v) is 15.5. The minimum Gasteiger partial charge on any atom is -0.370 e. The molecule has 2 N–H and O–H groups in total. The van der Waals surface area contributed by atoms with Crippen LogP contribution in [0.15, 0.2) is 59.7 Å². The van der Waals surface area contributed by atoms with Gasteiger partial charge < -0.3 is 9.64 Å². The summed E-state index contributed by atoms with van der Waals surface area (Å²) in [5.74, 6) is -0.307. The van der Waals surface area contributed by atoms with E-state index < -0.39 is 0 Å². The molecule has 1 aliphatic heterocycles. The highest BCUT2D eigenvalue weighted by Crippen LogP contribution is 2.15. The summed E-state index contributed by atoms with van der Waals surface area (Å²) in [6.45, 7) is 5.23. The van der Waals surface area contributed by atoms with Crippen LogP contribution >= 0.6 is 11.6 Å². The molecule has 5 nitrogen and oxygen atoms in total. The molecule has 2 aromatic rings. The van der Waals surface area contributed by atoms with E-state index in [1.165, 1.54) is 10.5 Å². The normalized spacial score (nSPS) is 16.9. The van der Waals surface area contributed by atoms with Crippen molar-refractivity contribution in [3.05, 3.63) is 70.7 Å². The lowest BCUT2D eigenvalue weighted by molar-refractivity contribution is -0.928. The molecule has 0 saturated carbocycles. The van der Waals surface area contributed by atoms with Gasteiger partial charge in [0.25, 0.3) is 5.91 Å². The second-order valence-electron chi connectivity index (χ2n) is 6.29. The van der Waals surface area contributed by atoms with Crippen LogP contribution in [0, 0.1) is 0 Å². The van der Waals surface area contributed by atoms with Crippen LogP contribution in [0.25, 0.3) is 0 Å². The smallest absolute Gasteiger partial charge is 0.272 e. The lowest BCUT2D eigenvalue weighted by Crippen LogP contribution is -3.15. The van der Waals surface area contributed by atoms with Crippen molar-refractivity contribution in [2.75, 3.05) is 26.3 Å². The van der Waals surface area contributed by atoms with Crippen LogP contribution in [0.3, 0.4) is 0 Å². The number of hydrazone groups is 1. The van der Waals surface area contributed by atoms with Gasteiger partial charge in [-0.15, -0.1) is 0 Å². The first-order valence-electron chi connectivity index (χ1n) is 8.73. The van der Waals surface area contributed by atoms with Gasteiger partial charge in [-0.1, -0.05) is 54.1 Å². The van der Waals surface area contributed by atoms with E-state index in [2.05, 4.69) is 22.7 Å². The van der Waals surface area contributed by atoms with Crippen molar-refractivity contribution in [1.82, 2.24) is 5.43 Å². The molecule has 1 amide bonds. The molecule has 0 spiro atoms. The van der Waals surface area contributed by atoms with Gasteiger partial charge >= 0.3 is 0 Å². The third kappa shape index (κ3) is 4.49. The predicted molar refractivity (Wildman–Crippen MR) is 103 cm³/mol. The molecule has 0 unspecified atom stereocenters. The van der Waals surface area contributed by atoms with Crippen LogP contribution < -0.4 is 10.3 Å². The molecule has 1 aliphatic rings. The second kappa shape index (κ2) is 8.94. The fraction of sp³-hybridized carbons (Fsp3) is 0.300. The van der Waals surface area contributed by atoms with Crippen molar-refractivity contribution >= 4 is 23.2 Å². The third-order valence-electron chi connectivity index (χ3n) is 4.55. The van der Waals surface area contributed by atoms with E-state index >= 15 is 0 Å². The second-order valence-corrected chi connectivity index (χ2v) is 6.70. The molecular weight excluding hydrogens is 350 g/mol. The first-order chi connectivity index (χ1) is 12.7. The van der Waals surface area contributed by atoms with Crippen molar-refractivity contribution in [3.8, 4) is 0 Å². The fourth-order valence-corrected chi connectivity index (χ4v) is 3.47. The van der Waals surface area contributed by atoms with Gasteiger partial charge in [0.1, 0.15) is 13.1 Å². The highest BCUT2D eigenvalue weighted by molar-refractivity contribution is 6.33. The number of benzene rings is 2. The summed E-state index contributed by atoms with van der Waals surface area (Å²) >= 11 is 6.09. The van der Waals surface area contributed by atoms with Gasteiger partial charge in [-0.2, -0.15) is 5.10 Å². The molecule has 0 radical (unpaired) electrons. The molecule has 1 fully saturated rings. The van der Waals surface area contributed by atoms with Gasteiger partial charge in [0.15, 0.2) is 6.04 Å². The Hall–Kier alpha value is -2.21. The van der Waals surface area contributed by atoms with Gasteiger partial charge in [-0.3, -0.25) is 4.79 Å². The molecule has 0 bridgehead atoms. The van der Waals surface area contributed by atoms with E-state index in [4.69, 9.17) is 16.3 Å². The molecule has 6 heteroatoms. The van der Waals surface area contributed by atoms with Gasteiger partial charge in [0.2, 0.25) is 0 Å². The molecule has 1 atom stereocenters.